The summed E-state index contributed by atoms with van der Waals surface area (Å²) in [5.74, 6) is -0.325. The summed E-state index contributed by atoms with van der Waals surface area (Å²) >= 11 is 1.67. The Bertz CT molecular complexity index is 909. The maximum absolute atomic E-state index is 12.8. The van der Waals surface area contributed by atoms with Gasteiger partial charge >= 0.3 is 0 Å². The van der Waals surface area contributed by atoms with Gasteiger partial charge in [0.15, 0.2) is 0 Å². The monoisotopic (exact) mass is 437 g/mol. The van der Waals surface area contributed by atoms with Crippen molar-refractivity contribution in [2.45, 2.75) is 43.7 Å². The molecule has 4 rings (SSSR count). The topological polar surface area (TPSA) is 52.7 Å². The second-order valence-corrected chi connectivity index (χ2v) is 9.31. The van der Waals surface area contributed by atoms with E-state index in [4.69, 9.17) is 0 Å². The molecule has 164 valence electrons. The van der Waals surface area contributed by atoms with Crippen LogP contribution < -0.4 is 10.2 Å². The first-order valence-electron chi connectivity index (χ1n) is 11.2. The number of rotatable bonds is 7. The van der Waals surface area contributed by atoms with Gasteiger partial charge < -0.3 is 10.2 Å². The molecule has 1 atom stereocenters. The molecule has 0 aromatic heterocycles. The van der Waals surface area contributed by atoms with E-state index in [1.807, 2.05) is 36.6 Å². The van der Waals surface area contributed by atoms with E-state index in [1.165, 1.54) is 24.8 Å². The van der Waals surface area contributed by atoms with Crippen molar-refractivity contribution in [3.05, 3.63) is 59.7 Å². The first-order chi connectivity index (χ1) is 15.1. The van der Waals surface area contributed by atoms with Gasteiger partial charge in [-0.15, -0.1) is 11.8 Å². The Morgan fingerprint density at radius 2 is 1.74 bits per heavy atom. The van der Waals surface area contributed by atoms with E-state index in [1.54, 1.807) is 16.7 Å². The van der Waals surface area contributed by atoms with Crippen molar-refractivity contribution >= 4 is 29.3 Å². The number of piperidine rings is 1. The number of nitrogens with zero attached hydrogens (tertiary/aromatic N) is 2. The second-order valence-electron chi connectivity index (χ2n) is 8.43. The fourth-order valence-electron chi connectivity index (χ4n) is 4.46. The fourth-order valence-corrected chi connectivity index (χ4v) is 4.87. The summed E-state index contributed by atoms with van der Waals surface area (Å²) < 4.78 is 0. The molecule has 0 spiro atoms. The summed E-state index contributed by atoms with van der Waals surface area (Å²) in [4.78, 5) is 30.8. The number of carbonyl (C=O) groups is 2. The van der Waals surface area contributed by atoms with Gasteiger partial charge in [0.25, 0.3) is 0 Å². The molecule has 6 heteroatoms. The third kappa shape index (κ3) is 5.49. The summed E-state index contributed by atoms with van der Waals surface area (Å²) in [7, 11) is 0. The molecule has 0 bridgehead atoms. The van der Waals surface area contributed by atoms with Crippen LogP contribution in [0.25, 0.3) is 0 Å². The van der Waals surface area contributed by atoms with E-state index in [2.05, 4.69) is 28.4 Å². The van der Waals surface area contributed by atoms with E-state index < -0.39 is 0 Å². The van der Waals surface area contributed by atoms with Crippen molar-refractivity contribution in [3.8, 4) is 0 Å². The number of hydrogen-bond acceptors (Lipinski definition) is 4. The zero-order valence-corrected chi connectivity index (χ0v) is 19.0. The third-order valence-corrected chi connectivity index (χ3v) is 7.04. The molecule has 2 aliphatic rings. The van der Waals surface area contributed by atoms with Gasteiger partial charge in [0.05, 0.1) is 5.92 Å². The molecule has 2 aromatic carbocycles. The molecule has 0 radical (unpaired) electrons. The van der Waals surface area contributed by atoms with E-state index in [-0.39, 0.29) is 24.2 Å². The predicted octanol–water partition coefficient (Wildman–Crippen LogP) is 4.06. The number of anilines is 1. The van der Waals surface area contributed by atoms with Crippen LogP contribution in [0.5, 0.6) is 0 Å². The maximum atomic E-state index is 12.8. The normalized spacial score (nSPS) is 19.6. The van der Waals surface area contributed by atoms with Crippen molar-refractivity contribution in [1.29, 1.82) is 0 Å². The highest BCUT2D eigenvalue weighted by molar-refractivity contribution is 7.98. The molecule has 2 heterocycles. The minimum absolute atomic E-state index is 0.0163. The molecule has 31 heavy (non-hydrogen) atoms. The summed E-state index contributed by atoms with van der Waals surface area (Å²) in [6.07, 6.45) is 6.16. The highest BCUT2D eigenvalue weighted by atomic mass is 32.2. The van der Waals surface area contributed by atoms with Crippen LogP contribution in [-0.4, -0.2) is 42.6 Å². The van der Waals surface area contributed by atoms with Gasteiger partial charge in [0.2, 0.25) is 11.8 Å². The van der Waals surface area contributed by atoms with E-state index in [0.29, 0.717) is 13.1 Å². The maximum Gasteiger partial charge on any atom is 0.227 e. The van der Waals surface area contributed by atoms with Crippen molar-refractivity contribution in [1.82, 2.24) is 10.2 Å². The number of benzene rings is 2. The first kappa shape index (κ1) is 21.9. The molecule has 0 aliphatic carbocycles. The molecule has 1 N–H and O–H groups in total. The molecule has 5 nitrogen and oxygen atoms in total. The van der Waals surface area contributed by atoms with Gasteiger partial charge in [0, 0.05) is 36.6 Å². The summed E-state index contributed by atoms with van der Waals surface area (Å²) in [5.41, 5.74) is 3.31. The largest absolute Gasteiger partial charge is 0.352 e. The quantitative estimate of drug-likeness (QED) is 0.664. The van der Waals surface area contributed by atoms with E-state index in [0.717, 1.165) is 35.8 Å². The van der Waals surface area contributed by atoms with Gasteiger partial charge in [-0.05, 0) is 67.6 Å². The van der Waals surface area contributed by atoms with Crippen LogP contribution in [0.2, 0.25) is 0 Å². The fraction of sp³-hybridized carbons (Fsp3) is 0.440. The van der Waals surface area contributed by atoms with Gasteiger partial charge in [-0.1, -0.05) is 30.7 Å². The zero-order chi connectivity index (χ0) is 21.6. The number of carbonyl (C=O) groups excluding carboxylic acids is 2. The average Bonchev–Trinajstić information content (AvgIpc) is 3.21. The number of nitrogens with one attached hydrogen (secondary N) is 1. The molecule has 2 saturated heterocycles. The van der Waals surface area contributed by atoms with Crippen molar-refractivity contribution < 1.29 is 9.59 Å². The first-order valence-corrected chi connectivity index (χ1v) is 12.4. The lowest BCUT2D eigenvalue weighted by atomic mass is 10.0. The number of hydrogen-bond donors (Lipinski definition) is 1. The molecule has 1 unspecified atom stereocenters. The molecular formula is C25H31N3O2S. The zero-order valence-electron chi connectivity index (χ0n) is 18.2. The number of amides is 2. The molecule has 2 fully saturated rings. The van der Waals surface area contributed by atoms with Crippen LogP contribution >= 0.6 is 11.8 Å². The average molecular weight is 438 g/mol. The third-order valence-electron chi connectivity index (χ3n) is 6.29. The van der Waals surface area contributed by atoms with Gasteiger partial charge in [-0.2, -0.15) is 0 Å². The molecule has 0 saturated carbocycles. The van der Waals surface area contributed by atoms with Gasteiger partial charge in [-0.3, -0.25) is 14.5 Å². The molecule has 2 aliphatic heterocycles. The molecule has 2 aromatic rings. The highest BCUT2D eigenvalue weighted by Crippen LogP contribution is 2.27. The van der Waals surface area contributed by atoms with Crippen molar-refractivity contribution in [2.24, 2.45) is 5.92 Å². The Kier molecular flexibility index (Phi) is 7.30. The number of likely N-dealkylation sites (tertiary alicyclic amines) is 1. The van der Waals surface area contributed by atoms with Crippen LogP contribution in [0.1, 0.15) is 36.8 Å². The Balaban J connectivity index is 1.34. The summed E-state index contributed by atoms with van der Waals surface area (Å²) in [6.45, 7) is 4.19. The van der Waals surface area contributed by atoms with E-state index >= 15 is 0 Å². The van der Waals surface area contributed by atoms with Crippen LogP contribution in [0.4, 0.5) is 5.69 Å². The van der Waals surface area contributed by atoms with Crippen LogP contribution in [0.3, 0.4) is 0 Å². The second kappa shape index (κ2) is 10.3. The van der Waals surface area contributed by atoms with Gasteiger partial charge in [0.1, 0.15) is 0 Å². The lowest BCUT2D eigenvalue weighted by Gasteiger charge is -2.27. The Morgan fingerprint density at radius 3 is 2.45 bits per heavy atom. The van der Waals surface area contributed by atoms with Crippen molar-refractivity contribution in [2.75, 3.05) is 30.8 Å². The SMILES string of the molecule is CSc1ccc(N2CC(C(=O)NCc3ccccc3CN3CCCCC3)CC2=O)cc1. The minimum atomic E-state index is -0.304. The minimum Gasteiger partial charge on any atom is -0.352 e. The molecule has 2 amide bonds. The lowest BCUT2D eigenvalue weighted by Crippen LogP contribution is -2.33. The highest BCUT2D eigenvalue weighted by Gasteiger charge is 2.35. The smallest absolute Gasteiger partial charge is 0.227 e. The Hall–Kier alpha value is -2.31. The number of thioether (sulfide) groups is 1. The molecular weight excluding hydrogens is 406 g/mol. The van der Waals surface area contributed by atoms with Crippen LogP contribution in [0.15, 0.2) is 53.4 Å². The van der Waals surface area contributed by atoms with Crippen LogP contribution in [0, 0.1) is 5.92 Å². The Labute approximate surface area is 189 Å². The Morgan fingerprint density at radius 1 is 1.03 bits per heavy atom. The van der Waals surface area contributed by atoms with Crippen LogP contribution in [-0.2, 0) is 22.7 Å². The summed E-state index contributed by atoms with van der Waals surface area (Å²) in [6, 6.07) is 16.3. The van der Waals surface area contributed by atoms with Crippen molar-refractivity contribution in [3.63, 3.8) is 0 Å². The van der Waals surface area contributed by atoms with Gasteiger partial charge in [-0.25, -0.2) is 0 Å². The predicted molar refractivity (Wildman–Crippen MR) is 126 cm³/mol. The van der Waals surface area contributed by atoms with E-state index in [9.17, 15) is 9.59 Å². The summed E-state index contributed by atoms with van der Waals surface area (Å²) in [5, 5.41) is 3.09. The lowest BCUT2D eigenvalue weighted by molar-refractivity contribution is -0.126. The standard InChI is InChI=1S/C25H31N3O2S/c1-31-23-11-9-22(10-12-23)28-18-21(15-24(28)29)25(30)26-16-19-7-3-4-8-20(19)17-27-13-5-2-6-14-27/h3-4,7-12,21H,2,5-6,13-18H2,1H3,(H,26,30).